The third kappa shape index (κ3) is 15.4. The standard InChI is InChI=1S/C15H27BO6/c1-4-7-17-10-13-20-16(21-14-11-18-8-5-2)22-15-12-19-9-6-3/h4-6H,1-3,7-15H2. The van der Waals surface area contributed by atoms with E-state index in [0.29, 0.717) is 59.5 Å². The van der Waals surface area contributed by atoms with Crippen LogP contribution in [0.3, 0.4) is 0 Å². The summed E-state index contributed by atoms with van der Waals surface area (Å²) in [6, 6.07) is 0. The zero-order valence-corrected chi connectivity index (χ0v) is 13.2. The van der Waals surface area contributed by atoms with E-state index in [9.17, 15) is 0 Å². The minimum Gasteiger partial charge on any atom is -0.383 e. The van der Waals surface area contributed by atoms with Crippen LogP contribution in [0.2, 0.25) is 0 Å². The van der Waals surface area contributed by atoms with Crippen molar-refractivity contribution in [1.82, 2.24) is 0 Å². The molecule has 0 fully saturated rings. The van der Waals surface area contributed by atoms with Gasteiger partial charge in [0, 0.05) is 0 Å². The molecular formula is C15H27BO6. The Labute approximate surface area is 133 Å². The fourth-order valence-corrected chi connectivity index (χ4v) is 1.25. The van der Waals surface area contributed by atoms with E-state index >= 15 is 0 Å². The van der Waals surface area contributed by atoms with Crippen molar-refractivity contribution in [3.8, 4) is 0 Å². The van der Waals surface area contributed by atoms with Crippen molar-refractivity contribution in [3.05, 3.63) is 38.0 Å². The number of rotatable bonds is 18. The fraction of sp³-hybridized carbons (Fsp3) is 0.600. The monoisotopic (exact) mass is 314 g/mol. The van der Waals surface area contributed by atoms with E-state index < -0.39 is 7.32 Å². The van der Waals surface area contributed by atoms with Crippen LogP contribution in [0, 0.1) is 0 Å². The molecule has 0 saturated heterocycles. The second-order valence-electron chi connectivity index (χ2n) is 3.99. The molecule has 0 aliphatic carbocycles. The Hall–Kier alpha value is -0.955. The molecule has 0 bridgehead atoms. The van der Waals surface area contributed by atoms with E-state index in [0.717, 1.165) is 0 Å². The average Bonchev–Trinajstić information content (AvgIpc) is 2.53. The van der Waals surface area contributed by atoms with Gasteiger partial charge >= 0.3 is 7.32 Å². The minimum absolute atomic E-state index is 0.361. The molecule has 0 aromatic rings. The Morgan fingerprint density at radius 2 is 0.864 bits per heavy atom. The van der Waals surface area contributed by atoms with Gasteiger partial charge in [0.1, 0.15) is 0 Å². The highest BCUT2D eigenvalue weighted by atomic mass is 16.7. The van der Waals surface area contributed by atoms with Crippen molar-refractivity contribution in [2.75, 3.05) is 59.5 Å². The average molecular weight is 314 g/mol. The van der Waals surface area contributed by atoms with Crippen molar-refractivity contribution in [2.24, 2.45) is 0 Å². The van der Waals surface area contributed by atoms with Crippen molar-refractivity contribution < 1.29 is 28.2 Å². The molecular weight excluding hydrogens is 287 g/mol. The normalized spacial score (nSPS) is 10.4. The number of hydrogen-bond acceptors (Lipinski definition) is 6. The van der Waals surface area contributed by atoms with Crippen LogP contribution in [0.4, 0.5) is 0 Å². The summed E-state index contributed by atoms with van der Waals surface area (Å²) < 4.78 is 32.0. The molecule has 0 rings (SSSR count). The maximum Gasteiger partial charge on any atom is 0.639 e. The van der Waals surface area contributed by atoms with Gasteiger partial charge < -0.3 is 28.2 Å². The van der Waals surface area contributed by atoms with Gasteiger partial charge in [-0.15, -0.1) is 19.7 Å². The lowest BCUT2D eigenvalue weighted by atomic mass is 10.2. The topological polar surface area (TPSA) is 55.4 Å². The van der Waals surface area contributed by atoms with E-state index in [1.165, 1.54) is 0 Å². The molecule has 0 N–H and O–H groups in total. The smallest absolute Gasteiger partial charge is 0.383 e. The van der Waals surface area contributed by atoms with Crippen LogP contribution < -0.4 is 0 Å². The lowest BCUT2D eigenvalue weighted by Gasteiger charge is -2.14. The van der Waals surface area contributed by atoms with Crippen molar-refractivity contribution >= 4 is 7.32 Å². The summed E-state index contributed by atoms with van der Waals surface area (Å²) in [4.78, 5) is 0. The van der Waals surface area contributed by atoms with E-state index in [4.69, 9.17) is 28.2 Å². The molecule has 0 amide bonds. The van der Waals surface area contributed by atoms with Crippen molar-refractivity contribution in [1.29, 1.82) is 0 Å². The summed E-state index contributed by atoms with van der Waals surface area (Å²) in [7, 11) is -0.771. The molecule has 0 saturated carbocycles. The van der Waals surface area contributed by atoms with Gasteiger partial charge in [-0.2, -0.15) is 0 Å². The lowest BCUT2D eigenvalue weighted by molar-refractivity contribution is 0.0284. The maximum absolute atomic E-state index is 5.45. The quantitative estimate of drug-likeness (QED) is 0.218. The summed E-state index contributed by atoms with van der Waals surface area (Å²) in [6.45, 7) is 14.6. The Bertz CT molecular complexity index is 232. The first-order chi connectivity index (χ1) is 10.8. The third-order valence-corrected chi connectivity index (χ3v) is 2.15. The van der Waals surface area contributed by atoms with Gasteiger partial charge in [0.05, 0.1) is 59.5 Å². The second kappa shape index (κ2) is 18.1. The first-order valence-electron chi connectivity index (χ1n) is 7.25. The van der Waals surface area contributed by atoms with E-state index in [-0.39, 0.29) is 0 Å². The second-order valence-corrected chi connectivity index (χ2v) is 3.99. The SMILES string of the molecule is C=CCOCCOB(OCCOCC=C)OCCOCC=C. The summed E-state index contributed by atoms with van der Waals surface area (Å²) in [5.41, 5.74) is 0. The first-order valence-corrected chi connectivity index (χ1v) is 7.25. The number of ether oxygens (including phenoxy) is 3. The third-order valence-electron chi connectivity index (χ3n) is 2.15. The number of hydrogen-bond donors (Lipinski definition) is 0. The van der Waals surface area contributed by atoms with Crippen LogP contribution in [0.5, 0.6) is 0 Å². The fourth-order valence-electron chi connectivity index (χ4n) is 1.25. The van der Waals surface area contributed by atoms with Crippen LogP contribution in [-0.2, 0) is 28.2 Å². The van der Waals surface area contributed by atoms with Gasteiger partial charge in [0.15, 0.2) is 0 Å². The highest BCUT2D eigenvalue weighted by Crippen LogP contribution is 1.95. The Morgan fingerprint density at radius 3 is 1.14 bits per heavy atom. The van der Waals surface area contributed by atoms with Gasteiger partial charge in [-0.3, -0.25) is 0 Å². The molecule has 0 aliphatic heterocycles. The maximum atomic E-state index is 5.45. The highest BCUT2D eigenvalue weighted by Gasteiger charge is 2.21. The van der Waals surface area contributed by atoms with Gasteiger partial charge in [0.25, 0.3) is 0 Å². The summed E-state index contributed by atoms with van der Waals surface area (Å²) in [5.74, 6) is 0. The molecule has 0 heterocycles. The molecule has 6 nitrogen and oxygen atoms in total. The molecule has 7 heteroatoms. The van der Waals surface area contributed by atoms with Gasteiger partial charge in [-0.1, -0.05) is 18.2 Å². The van der Waals surface area contributed by atoms with Crippen LogP contribution >= 0.6 is 0 Å². The summed E-state index contributed by atoms with van der Waals surface area (Å²) >= 11 is 0. The van der Waals surface area contributed by atoms with Gasteiger partial charge in [-0.25, -0.2) is 0 Å². The predicted octanol–water partition coefficient (Wildman–Crippen LogP) is 1.63. The molecule has 22 heavy (non-hydrogen) atoms. The molecule has 0 unspecified atom stereocenters. The van der Waals surface area contributed by atoms with Gasteiger partial charge in [0.2, 0.25) is 0 Å². The van der Waals surface area contributed by atoms with Crippen LogP contribution in [0.1, 0.15) is 0 Å². The summed E-state index contributed by atoms with van der Waals surface area (Å²) in [5, 5.41) is 0. The lowest BCUT2D eigenvalue weighted by Crippen LogP contribution is -2.31. The van der Waals surface area contributed by atoms with Crippen molar-refractivity contribution in [3.63, 3.8) is 0 Å². The van der Waals surface area contributed by atoms with E-state index in [1.807, 2.05) is 0 Å². The molecule has 0 aromatic heterocycles. The molecule has 0 radical (unpaired) electrons. The van der Waals surface area contributed by atoms with E-state index in [2.05, 4.69) is 19.7 Å². The zero-order valence-electron chi connectivity index (χ0n) is 13.2. The molecule has 0 aromatic carbocycles. The Kier molecular flexibility index (Phi) is 17.3. The largest absolute Gasteiger partial charge is 0.639 e. The molecule has 126 valence electrons. The van der Waals surface area contributed by atoms with Crippen LogP contribution in [0.25, 0.3) is 0 Å². The molecule has 0 atom stereocenters. The summed E-state index contributed by atoms with van der Waals surface area (Å²) in [6.07, 6.45) is 5.04. The first kappa shape index (κ1) is 21.0. The highest BCUT2D eigenvalue weighted by molar-refractivity contribution is 6.36. The van der Waals surface area contributed by atoms with E-state index in [1.54, 1.807) is 18.2 Å². The zero-order chi connectivity index (χ0) is 16.3. The van der Waals surface area contributed by atoms with Crippen LogP contribution in [-0.4, -0.2) is 66.8 Å². The predicted molar refractivity (Wildman–Crippen MR) is 86.7 cm³/mol. The minimum atomic E-state index is -0.771. The Morgan fingerprint density at radius 1 is 0.545 bits per heavy atom. The van der Waals surface area contributed by atoms with Crippen LogP contribution in [0.15, 0.2) is 38.0 Å². The Balaban J connectivity index is 3.78. The molecule has 0 aliphatic rings. The van der Waals surface area contributed by atoms with Gasteiger partial charge in [-0.05, 0) is 0 Å². The van der Waals surface area contributed by atoms with Crippen molar-refractivity contribution in [2.45, 2.75) is 0 Å². The molecule has 0 spiro atoms.